The third-order valence-electron chi connectivity index (χ3n) is 10.2. The predicted octanol–water partition coefficient (Wildman–Crippen LogP) is 14.2. The normalized spacial score (nSPS) is 14.4. The number of carboxylic acid groups (broad SMARTS) is 1. The molecule has 0 amide bonds. The number of aliphatic carboxylic acids is 1. The molecule has 10 nitrogen and oxygen atoms in total. The molecule has 0 saturated carbocycles. The van der Waals surface area contributed by atoms with Crippen LogP contribution in [-0.4, -0.2) is 60.5 Å². The number of carbonyl (C=O) groups is 2. The Morgan fingerprint density at radius 2 is 0.935 bits per heavy atom. The van der Waals surface area contributed by atoms with Gasteiger partial charge in [-0.15, -0.1) is 0 Å². The molecule has 62 heavy (non-hydrogen) atoms. The topological polar surface area (TPSA) is 155 Å². The standard InChI is InChI=1S/C51H90NO9P/c1-3-5-7-9-11-13-15-17-19-21-22-23-24-25-26-27-28-30-32-34-36-38-40-42-44-58-45-48(46-59-62(56,57)60-47-49(52)51(54)55)61-50(53)43-41-39-37-35-33-31-29-20-18-16-14-12-10-8-6-4-2/h5,7,11,13,17,19-20,22-23,25-26,29,48-49H,3-4,6,8-10,12,14-16,18,21,24,27-28,30-47,52H2,1-2H3,(H,54,55)(H,56,57)/b7-5-,13-11-,19-17-,23-22-,26-25-,29-20-. The molecule has 0 aromatic rings. The molecule has 0 aliphatic rings. The van der Waals surface area contributed by atoms with Gasteiger partial charge in [0.1, 0.15) is 12.1 Å². The van der Waals surface area contributed by atoms with Gasteiger partial charge in [-0.25, -0.2) is 4.57 Å². The van der Waals surface area contributed by atoms with Gasteiger partial charge in [0.05, 0.1) is 19.8 Å². The zero-order valence-corrected chi connectivity index (χ0v) is 40.1. The van der Waals surface area contributed by atoms with Gasteiger partial charge in [-0.3, -0.25) is 18.6 Å². The van der Waals surface area contributed by atoms with Crippen LogP contribution >= 0.6 is 7.82 Å². The van der Waals surface area contributed by atoms with Crippen molar-refractivity contribution in [2.45, 2.75) is 212 Å². The molecule has 3 unspecified atom stereocenters. The van der Waals surface area contributed by atoms with Crippen molar-refractivity contribution in [3.8, 4) is 0 Å². The van der Waals surface area contributed by atoms with E-state index in [2.05, 4.69) is 86.8 Å². The molecule has 0 saturated heterocycles. The van der Waals surface area contributed by atoms with Crippen LogP contribution in [0.5, 0.6) is 0 Å². The fraction of sp³-hybridized carbons (Fsp3) is 0.725. The summed E-state index contributed by atoms with van der Waals surface area (Å²) < 4.78 is 33.4. The van der Waals surface area contributed by atoms with Gasteiger partial charge in [0, 0.05) is 13.0 Å². The Balaban J connectivity index is 4.19. The van der Waals surface area contributed by atoms with Crippen LogP contribution in [0.25, 0.3) is 0 Å². The first-order valence-electron chi connectivity index (χ1n) is 24.5. The van der Waals surface area contributed by atoms with E-state index in [-0.39, 0.29) is 13.0 Å². The van der Waals surface area contributed by atoms with Gasteiger partial charge in [0.2, 0.25) is 0 Å². The largest absolute Gasteiger partial charge is 0.480 e. The molecule has 0 spiro atoms. The molecule has 0 aliphatic heterocycles. The lowest BCUT2D eigenvalue weighted by atomic mass is 10.1. The van der Waals surface area contributed by atoms with Crippen molar-refractivity contribution in [2.75, 3.05) is 26.4 Å². The number of unbranched alkanes of at least 4 members (excludes halogenated alkanes) is 20. The van der Waals surface area contributed by atoms with E-state index in [0.29, 0.717) is 13.0 Å². The minimum absolute atomic E-state index is 0.00471. The smallest absolute Gasteiger partial charge is 0.472 e. The van der Waals surface area contributed by atoms with E-state index in [4.69, 9.17) is 29.4 Å². The number of hydrogen-bond acceptors (Lipinski definition) is 8. The summed E-state index contributed by atoms with van der Waals surface area (Å²) in [5, 5.41) is 8.92. The van der Waals surface area contributed by atoms with Crippen molar-refractivity contribution in [1.82, 2.24) is 0 Å². The molecule has 0 rings (SSSR count). The number of phosphoric acid groups is 1. The minimum atomic E-state index is -4.63. The second-order valence-electron chi connectivity index (χ2n) is 16.2. The molecule has 3 atom stereocenters. The van der Waals surface area contributed by atoms with Gasteiger partial charge in [-0.05, 0) is 83.5 Å². The van der Waals surface area contributed by atoms with Crippen molar-refractivity contribution < 1.29 is 42.7 Å². The van der Waals surface area contributed by atoms with Crippen molar-refractivity contribution in [3.05, 3.63) is 72.9 Å². The lowest BCUT2D eigenvalue weighted by Crippen LogP contribution is -2.34. The Kier molecular flexibility index (Phi) is 44.5. The third-order valence-corrected chi connectivity index (χ3v) is 11.2. The molecule has 0 fully saturated rings. The van der Waals surface area contributed by atoms with Gasteiger partial charge in [-0.1, -0.05) is 183 Å². The molecular formula is C51H90NO9P. The van der Waals surface area contributed by atoms with Crippen LogP contribution in [0, 0.1) is 0 Å². The number of nitrogens with two attached hydrogens (primary N) is 1. The number of esters is 1. The predicted molar refractivity (Wildman–Crippen MR) is 258 cm³/mol. The number of phosphoric ester groups is 1. The highest BCUT2D eigenvalue weighted by Gasteiger charge is 2.27. The van der Waals surface area contributed by atoms with E-state index in [1.165, 1.54) is 83.5 Å². The Hall–Kier alpha value is -2.59. The fourth-order valence-electron chi connectivity index (χ4n) is 6.45. The molecule has 11 heteroatoms. The Morgan fingerprint density at radius 3 is 1.42 bits per heavy atom. The van der Waals surface area contributed by atoms with E-state index >= 15 is 0 Å². The number of carbonyl (C=O) groups excluding carboxylic acids is 1. The first kappa shape index (κ1) is 59.4. The zero-order valence-electron chi connectivity index (χ0n) is 39.2. The summed E-state index contributed by atoms with van der Waals surface area (Å²) in [7, 11) is -4.63. The number of hydrogen-bond donors (Lipinski definition) is 3. The second-order valence-corrected chi connectivity index (χ2v) is 17.7. The first-order chi connectivity index (χ1) is 30.2. The SMILES string of the molecule is CC/C=C\C/C=C\C/C=C\C/C=C\C/C=C\CCCCCCCCCCOCC(COP(=O)(O)OCC(N)C(=O)O)OC(=O)CCCCCCC/C=C\CCCCCCCCC. The highest BCUT2D eigenvalue weighted by atomic mass is 31.2. The van der Waals surface area contributed by atoms with Crippen molar-refractivity contribution in [1.29, 1.82) is 0 Å². The molecule has 0 aromatic heterocycles. The van der Waals surface area contributed by atoms with Crippen LogP contribution in [0.1, 0.15) is 200 Å². The Labute approximate surface area is 378 Å². The summed E-state index contributed by atoms with van der Waals surface area (Å²) in [6.45, 7) is 3.74. The maximum Gasteiger partial charge on any atom is 0.472 e. The third kappa shape index (κ3) is 45.4. The lowest BCUT2D eigenvalue weighted by molar-refractivity contribution is -0.154. The van der Waals surface area contributed by atoms with Crippen molar-refractivity contribution in [3.63, 3.8) is 0 Å². The molecule has 0 heterocycles. The summed E-state index contributed by atoms with van der Waals surface area (Å²) in [5.74, 6) is -1.79. The van der Waals surface area contributed by atoms with E-state index < -0.39 is 45.1 Å². The van der Waals surface area contributed by atoms with Crippen molar-refractivity contribution >= 4 is 19.8 Å². The molecule has 358 valence electrons. The number of ether oxygens (including phenoxy) is 2. The van der Waals surface area contributed by atoms with Crippen LogP contribution in [0.2, 0.25) is 0 Å². The second kappa shape index (κ2) is 46.4. The summed E-state index contributed by atoms with van der Waals surface area (Å²) in [5.41, 5.74) is 5.37. The van der Waals surface area contributed by atoms with Crippen LogP contribution in [0.4, 0.5) is 0 Å². The van der Waals surface area contributed by atoms with Crippen LogP contribution in [0.15, 0.2) is 72.9 Å². The van der Waals surface area contributed by atoms with E-state index in [1.54, 1.807) is 0 Å². The Morgan fingerprint density at radius 1 is 0.532 bits per heavy atom. The summed E-state index contributed by atoms with van der Waals surface area (Å²) >= 11 is 0. The minimum Gasteiger partial charge on any atom is -0.480 e. The number of carboxylic acids is 1. The van der Waals surface area contributed by atoms with Gasteiger partial charge in [0.25, 0.3) is 0 Å². The van der Waals surface area contributed by atoms with Crippen LogP contribution in [-0.2, 0) is 32.7 Å². The molecule has 4 N–H and O–H groups in total. The molecule has 0 aromatic carbocycles. The average Bonchev–Trinajstić information content (AvgIpc) is 3.25. The molecular weight excluding hydrogens is 802 g/mol. The maximum absolute atomic E-state index is 12.7. The number of allylic oxidation sites excluding steroid dienone is 12. The summed E-state index contributed by atoms with van der Waals surface area (Å²) in [6, 6.07) is -1.48. The van der Waals surface area contributed by atoms with Gasteiger partial charge < -0.3 is 25.2 Å². The number of rotatable bonds is 46. The average molecular weight is 892 g/mol. The van der Waals surface area contributed by atoms with E-state index in [0.717, 1.165) is 89.9 Å². The van der Waals surface area contributed by atoms with Crippen LogP contribution < -0.4 is 5.73 Å². The monoisotopic (exact) mass is 892 g/mol. The Bertz CT molecular complexity index is 1260. The highest BCUT2D eigenvalue weighted by molar-refractivity contribution is 7.47. The highest BCUT2D eigenvalue weighted by Crippen LogP contribution is 2.43. The summed E-state index contributed by atoms with van der Waals surface area (Å²) in [4.78, 5) is 33.6. The van der Waals surface area contributed by atoms with E-state index in [1.807, 2.05) is 0 Å². The zero-order chi connectivity index (χ0) is 45.5. The van der Waals surface area contributed by atoms with Crippen LogP contribution in [0.3, 0.4) is 0 Å². The first-order valence-corrected chi connectivity index (χ1v) is 26.0. The summed E-state index contributed by atoms with van der Waals surface area (Å²) in [6.07, 6.45) is 58.1. The van der Waals surface area contributed by atoms with Crippen molar-refractivity contribution in [2.24, 2.45) is 5.73 Å². The fourth-order valence-corrected chi connectivity index (χ4v) is 7.23. The lowest BCUT2D eigenvalue weighted by Gasteiger charge is -2.20. The van der Waals surface area contributed by atoms with E-state index in [9.17, 15) is 19.0 Å². The molecule has 0 bridgehead atoms. The van der Waals surface area contributed by atoms with Gasteiger partial charge in [-0.2, -0.15) is 0 Å². The quantitative estimate of drug-likeness (QED) is 0.0233. The maximum atomic E-state index is 12.7. The molecule has 0 aliphatic carbocycles. The molecule has 0 radical (unpaired) electrons. The van der Waals surface area contributed by atoms with Gasteiger partial charge >= 0.3 is 19.8 Å². The van der Waals surface area contributed by atoms with Gasteiger partial charge in [0.15, 0.2) is 0 Å².